The van der Waals surface area contributed by atoms with Crippen LogP contribution < -0.4 is 10.6 Å². The lowest BCUT2D eigenvalue weighted by Gasteiger charge is -2.38. The van der Waals surface area contributed by atoms with Crippen LogP contribution in [0.5, 0.6) is 0 Å². The van der Waals surface area contributed by atoms with Crippen LogP contribution in [0.2, 0.25) is 0 Å². The molecule has 0 spiro atoms. The van der Waals surface area contributed by atoms with Gasteiger partial charge in [-0.05, 0) is 26.7 Å². The van der Waals surface area contributed by atoms with Gasteiger partial charge in [0.2, 0.25) is 5.91 Å². The third-order valence-corrected chi connectivity index (χ3v) is 4.38. The third kappa shape index (κ3) is 3.45. The van der Waals surface area contributed by atoms with Crippen molar-refractivity contribution in [2.75, 3.05) is 19.6 Å². The Morgan fingerprint density at radius 3 is 2.72 bits per heavy atom. The number of nitrogens with one attached hydrogen (secondary N) is 2. The Bertz CT molecular complexity index is 276. The zero-order valence-electron chi connectivity index (χ0n) is 11.7. The fourth-order valence-electron chi connectivity index (χ4n) is 3.15. The molecule has 0 radical (unpaired) electrons. The minimum absolute atomic E-state index is 0.00373. The number of nitrogens with zero attached hydrogens (tertiary/aromatic N) is 1. The lowest BCUT2D eigenvalue weighted by Crippen LogP contribution is -2.58. The van der Waals surface area contributed by atoms with E-state index in [9.17, 15) is 4.79 Å². The zero-order valence-corrected chi connectivity index (χ0v) is 11.7. The second-order valence-electron chi connectivity index (χ2n) is 5.81. The van der Waals surface area contributed by atoms with Crippen LogP contribution in [-0.2, 0) is 4.79 Å². The Balaban J connectivity index is 1.83. The Hall–Kier alpha value is -0.610. The first kappa shape index (κ1) is 13.8. The average molecular weight is 253 g/mol. The van der Waals surface area contributed by atoms with E-state index in [0.29, 0.717) is 12.1 Å². The highest BCUT2D eigenvalue weighted by atomic mass is 16.2. The van der Waals surface area contributed by atoms with Crippen LogP contribution >= 0.6 is 0 Å². The normalized spacial score (nSPS) is 28.9. The van der Waals surface area contributed by atoms with Crippen LogP contribution in [-0.4, -0.2) is 48.6 Å². The molecular weight excluding hydrogens is 226 g/mol. The molecule has 4 heteroatoms. The minimum atomic E-state index is 0.00373. The van der Waals surface area contributed by atoms with E-state index in [1.165, 1.54) is 19.3 Å². The largest absolute Gasteiger partial charge is 0.352 e. The van der Waals surface area contributed by atoms with Gasteiger partial charge in [0, 0.05) is 31.7 Å². The number of piperazine rings is 1. The van der Waals surface area contributed by atoms with Gasteiger partial charge in [-0.3, -0.25) is 9.69 Å². The summed E-state index contributed by atoms with van der Waals surface area (Å²) >= 11 is 0. The summed E-state index contributed by atoms with van der Waals surface area (Å²) < 4.78 is 0. The third-order valence-electron chi connectivity index (χ3n) is 4.38. The molecule has 2 fully saturated rings. The second-order valence-corrected chi connectivity index (χ2v) is 5.81. The van der Waals surface area contributed by atoms with Gasteiger partial charge in [0.1, 0.15) is 0 Å². The monoisotopic (exact) mass is 253 g/mol. The van der Waals surface area contributed by atoms with E-state index in [0.717, 1.165) is 32.5 Å². The van der Waals surface area contributed by atoms with Crippen molar-refractivity contribution in [1.82, 2.24) is 15.5 Å². The highest BCUT2D eigenvalue weighted by Gasteiger charge is 2.28. The van der Waals surface area contributed by atoms with Gasteiger partial charge in [0.05, 0.1) is 6.04 Å². The molecule has 1 saturated heterocycles. The van der Waals surface area contributed by atoms with Crippen LogP contribution in [0, 0.1) is 0 Å². The van der Waals surface area contributed by atoms with Gasteiger partial charge in [0.15, 0.2) is 0 Å². The van der Waals surface area contributed by atoms with E-state index in [1.807, 2.05) is 6.92 Å². The summed E-state index contributed by atoms with van der Waals surface area (Å²) in [5, 5.41) is 6.60. The van der Waals surface area contributed by atoms with Crippen molar-refractivity contribution < 1.29 is 4.79 Å². The number of amides is 1. The Morgan fingerprint density at radius 2 is 2.06 bits per heavy atom. The average Bonchev–Trinajstić information content (AvgIpc) is 2.39. The quantitative estimate of drug-likeness (QED) is 0.792. The molecule has 0 aromatic heterocycles. The summed E-state index contributed by atoms with van der Waals surface area (Å²) in [6, 6.07) is 0.877. The number of hydrogen-bond acceptors (Lipinski definition) is 3. The van der Waals surface area contributed by atoms with Gasteiger partial charge in [-0.25, -0.2) is 0 Å². The summed E-state index contributed by atoms with van der Waals surface area (Å²) in [5.41, 5.74) is 0. The maximum atomic E-state index is 12.3. The van der Waals surface area contributed by atoms with Crippen molar-refractivity contribution in [3.05, 3.63) is 0 Å². The maximum Gasteiger partial charge on any atom is 0.237 e. The van der Waals surface area contributed by atoms with E-state index in [2.05, 4.69) is 22.5 Å². The molecular formula is C14H27N3O. The molecule has 2 aliphatic rings. The summed E-state index contributed by atoms with van der Waals surface area (Å²) in [7, 11) is 0. The maximum absolute atomic E-state index is 12.3. The van der Waals surface area contributed by atoms with E-state index in [1.54, 1.807) is 0 Å². The standard InChI is InChI=1S/C14H27N3O/c1-11-10-15-8-9-17(11)12(2)14(18)16-13-6-4-3-5-7-13/h11-13,15H,3-10H2,1-2H3,(H,16,18)/t11-,12?/m1/s1. The molecule has 1 amide bonds. The first-order chi connectivity index (χ1) is 8.68. The van der Waals surface area contributed by atoms with Crippen molar-refractivity contribution in [2.45, 2.75) is 64.1 Å². The SMILES string of the molecule is CC(C(=O)NC1CCCCC1)N1CCNC[C@H]1C. The fourth-order valence-corrected chi connectivity index (χ4v) is 3.15. The zero-order chi connectivity index (χ0) is 13.0. The molecule has 1 saturated carbocycles. The molecule has 0 aromatic rings. The van der Waals surface area contributed by atoms with Gasteiger partial charge >= 0.3 is 0 Å². The van der Waals surface area contributed by atoms with Crippen molar-refractivity contribution in [3.63, 3.8) is 0 Å². The van der Waals surface area contributed by atoms with Crippen LogP contribution in [0.3, 0.4) is 0 Å². The molecule has 1 aliphatic heterocycles. The van der Waals surface area contributed by atoms with E-state index in [4.69, 9.17) is 0 Å². The highest BCUT2D eigenvalue weighted by Crippen LogP contribution is 2.18. The number of rotatable bonds is 3. The first-order valence-corrected chi connectivity index (χ1v) is 7.45. The molecule has 2 N–H and O–H groups in total. The smallest absolute Gasteiger partial charge is 0.237 e. The van der Waals surface area contributed by atoms with Gasteiger partial charge < -0.3 is 10.6 Å². The van der Waals surface area contributed by atoms with Crippen LogP contribution in [0.1, 0.15) is 46.0 Å². The molecule has 1 heterocycles. The summed E-state index contributed by atoms with van der Waals surface area (Å²) in [5.74, 6) is 0.218. The van der Waals surface area contributed by atoms with E-state index in [-0.39, 0.29) is 11.9 Å². The summed E-state index contributed by atoms with van der Waals surface area (Å²) in [6.45, 7) is 7.18. The highest BCUT2D eigenvalue weighted by molar-refractivity contribution is 5.81. The Morgan fingerprint density at radius 1 is 1.33 bits per heavy atom. The van der Waals surface area contributed by atoms with Crippen molar-refractivity contribution >= 4 is 5.91 Å². The molecule has 104 valence electrons. The Labute approximate surface area is 110 Å². The first-order valence-electron chi connectivity index (χ1n) is 7.45. The number of carbonyl (C=O) groups excluding carboxylic acids is 1. The summed E-state index contributed by atoms with van der Waals surface area (Å²) in [6.07, 6.45) is 6.19. The van der Waals surface area contributed by atoms with Gasteiger partial charge in [0.25, 0.3) is 0 Å². The molecule has 2 atom stereocenters. The molecule has 4 nitrogen and oxygen atoms in total. The molecule has 1 aliphatic carbocycles. The van der Waals surface area contributed by atoms with Crippen molar-refractivity contribution in [3.8, 4) is 0 Å². The number of hydrogen-bond donors (Lipinski definition) is 2. The van der Waals surface area contributed by atoms with Crippen molar-refractivity contribution in [1.29, 1.82) is 0 Å². The fraction of sp³-hybridized carbons (Fsp3) is 0.929. The predicted molar refractivity (Wildman–Crippen MR) is 73.5 cm³/mol. The van der Waals surface area contributed by atoms with Crippen LogP contribution in [0.25, 0.3) is 0 Å². The summed E-state index contributed by atoms with van der Waals surface area (Å²) in [4.78, 5) is 14.6. The van der Waals surface area contributed by atoms with Crippen molar-refractivity contribution in [2.24, 2.45) is 0 Å². The number of carbonyl (C=O) groups is 1. The topological polar surface area (TPSA) is 44.4 Å². The molecule has 0 bridgehead atoms. The van der Waals surface area contributed by atoms with Gasteiger partial charge in [-0.2, -0.15) is 0 Å². The van der Waals surface area contributed by atoms with Crippen LogP contribution in [0.4, 0.5) is 0 Å². The second kappa shape index (κ2) is 6.53. The molecule has 0 aromatic carbocycles. The van der Waals surface area contributed by atoms with Crippen LogP contribution in [0.15, 0.2) is 0 Å². The molecule has 1 unspecified atom stereocenters. The van der Waals surface area contributed by atoms with Gasteiger partial charge in [-0.15, -0.1) is 0 Å². The lowest BCUT2D eigenvalue weighted by atomic mass is 9.95. The minimum Gasteiger partial charge on any atom is -0.352 e. The van der Waals surface area contributed by atoms with Gasteiger partial charge in [-0.1, -0.05) is 19.3 Å². The Kier molecular flexibility index (Phi) is 5.01. The molecule has 2 rings (SSSR count). The predicted octanol–water partition coefficient (Wildman–Crippen LogP) is 1.12. The molecule has 18 heavy (non-hydrogen) atoms. The lowest BCUT2D eigenvalue weighted by molar-refractivity contribution is -0.127. The van der Waals surface area contributed by atoms with E-state index >= 15 is 0 Å². The van der Waals surface area contributed by atoms with E-state index < -0.39 is 0 Å².